The molecular formula is C25H28O6. The van der Waals surface area contributed by atoms with E-state index in [1.165, 1.54) is 0 Å². The van der Waals surface area contributed by atoms with Gasteiger partial charge in [0, 0.05) is 29.2 Å². The van der Waals surface area contributed by atoms with E-state index in [1.54, 1.807) is 42.7 Å². The third-order valence-corrected chi connectivity index (χ3v) is 5.24. The Kier molecular flexibility index (Phi) is 7.13. The molecule has 0 aliphatic rings. The summed E-state index contributed by atoms with van der Waals surface area (Å²) in [5.74, 6) is 3.94. The van der Waals surface area contributed by atoms with Crippen LogP contribution in [0.1, 0.15) is 22.6 Å². The molecule has 164 valence electrons. The fraction of sp³-hybridized carbons (Fsp3) is 0.280. The van der Waals surface area contributed by atoms with Crippen LogP contribution in [0.5, 0.6) is 34.5 Å². The van der Waals surface area contributed by atoms with E-state index in [2.05, 4.69) is 0 Å². The molecular weight excluding hydrogens is 396 g/mol. The minimum atomic E-state index is -0.207. The average molecular weight is 424 g/mol. The van der Waals surface area contributed by atoms with E-state index in [4.69, 9.17) is 28.4 Å². The molecule has 0 atom stereocenters. The lowest BCUT2D eigenvalue weighted by atomic mass is 9.83. The van der Waals surface area contributed by atoms with Crippen LogP contribution in [0.25, 0.3) is 0 Å². The van der Waals surface area contributed by atoms with Crippen LogP contribution in [-0.4, -0.2) is 42.7 Å². The molecule has 0 amide bonds. The summed E-state index contributed by atoms with van der Waals surface area (Å²) in [6.45, 7) is 0. The van der Waals surface area contributed by atoms with Gasteiger partial charge in [0.15, 0.2) is 11.5 Å². The predicted octanol–water partition coefficient (Wildman–Crippen LogP) is 4.92. The van der Waals surface area contributed by atoms with Gasteiger partial charge in [0.2, 0.25) is 0 Å². The standard InChI is InChI=1S/C25H28O6/c1-26-17-8-10-19(22(14-17)29-4)25(16-7-12-21(28-3)24(13-16)31-6)20-11-9-18(27-2)15-23(20)30-5/h7-15,25H,1-6H3. The first kappa shape index (κ1) is 22.2. The molecule has 3 rings (SSSR count). The van der Waals surface area contributed by atoms with E-state index in [0.29, 0.717) is 34.5 Å². The molecule has 0 aromatic heterocycles. The Bertz CT molecular complexity index is 975. The Balaban J connectivity index is 2.28. The molecule has 0 bridgehead atoms. The SMILES string of the molecule is COc1ccc(C(c2ccc(OC)c(OC)c2)c2ccc(OC)cc2OC)c(OC)c1. The van der Waals surface area contributed by atoms with Gasteiger partial charge >= 0.3 is 0 Å². The van der Waals surface area contributed by atoms with Gasteiger partial charge in [-0.3, -0.25) is 0 Å². The van der Waals surface area contributed by atoms with Crippen molar-refractivity contribution < 1.29 is 28.4 Å². The van der Waals surface area contributed by atoms with Crippen molar-refractivity contribution in [2.45, 2.75) is 5.92 Å². The number of benzene rings is 3. The first-order valence-corrected chi connectivity index (χ1v) is 9.75. The summed E-state index contributed by atoms with van der Waals surface area (Å²) in [5.41, 5.74) is 2.91. The lowest BCUT2D eigenvalue weighted by Crippen LogP contribution is -2.08. The summed E-state index contributed by atoms with van der Waals surface area (Å²) in [4.78, 5) is 0. The van der Waals surface area contributed by atoms with Crippen molar-refractivity contribution in [3.05, 3.63) is 71.3 Å². The Morgan fingerprint density at radius 3 is 1.35 bits per heavy atom. The number of rotatable bonds is 9. The summed E-state index contributed by atoms with van der Waals surface area (Å²) >= 11 is 0. The summed E-state index contributed by atoms with van der Waals surface area (Å²) < 4.78 is 33.2. The molecule has 6 nitrogen and oxygen atoms in total. The molecule has 0 radical (unpaired) electrons. The zero-order chi connectivity index (χ0) is 22.4. The van der Waals surface area contributed by atoms with Crippen LogP contribution >= 0.6 is 0 Å². The first-order chi connectivity index (χ1) is 15.1. The maximum atomic E-state index is 5.73. The van der Waals surface area contributed by atoms with Gasteiger partial charge in [0.25, 0.3) is 0 Å². The lowest BCUT2D eigenvalue weighted by molar-refractivity contribution is 0.354. The minimum absolute atomic E-state index is 0.207. The fourth-order valence-corrected chi connectivity index (χ4v) is 3.67. The molecule has 3 aromatic rings. The van der Waals surface area contributed by atoms with Crippen LogP contribution in [0.4, 0.5) is 0 Å². The third-order valence-electron chi connectivity index (χ3n) is 5.24. The molecule has 0 aliphatic heterocycles. The number of hydrogen-bond acceptors (Lipinski definition) is 6. The van der Waals surface area contributed by atoms with Crippen molar-refractivity contribution >= 4 is 0 Å². The fourth-order valence-electron chi connectivity index (χ4n) is 3.67. The summed E-state index contributed by atoms with van der Waals surface area (Å²) in [5, 5.41) is 0. The summed E-state index contributed by atoms with van der Waals surface area (Å²) in [7, 11) is 9.80. The second-order valence-corrected chi connectivity index (χ2v) is 6.76. The molecule has 0 aliphatic carbocycles. The van der Waals surface area contributed by atoms with Crippen LogP contribution in [0, 0.1) is 0 Å². The number of hydrogen-bond donors (Lipinski definition) is 0. The second-order valence-electron chi connectivity index (χ2n) is 6.76. The molecule has 0 fully saturated rings. The third kappa shape index (κ3) is 4.48. The van der Waals surface area contributed by atoms with Crippen LogP contribution in [0.2, 0.25) is 0 Å². The average Bonchev–Trinajstić information content (AvgIpc) is 2.84. The van der Waals surface area contributed by atoms with Gasteiger partial charge < -0.3 is 28.4 Å². The van der Waals surface area contributed by atoms with E-state index in [0.717, 1.165) is 16.7 Å². The Hall–Kier alpha value is -3.54. The Morgan fingerprint density at radius 1 is 0.452 bits per heavy atom. The van der Waals surface area contributed by atoms with Crippen molar-refractivity contribution in [1.29, 1.82) is 0 Å². The number of ether oxygens (including phenoxy) is 6. The zero-order valence-electron chi connectivity index (χ0n) is 18.7. The van der Waals surface area contributed by atoms with Crippen LogP contribution in [0.15, 0.2) is 54.6 Å². The molecule has 0 saturated carbocycles. The predicted molar refractivity (Wildman–Crippen MR) is 120 cm³/mol. The van der Waals surface area contributed by atoms with Crippen molar-refractivity contribution in [2.75, 3.05) is 42.7 Å². The highest BCUT2D eigenvalue weighted by Crippen LogP contribution is 2.44. The quantitative estimate of drug-likeness (QED) is 0.455. The smallest absolute Gasteiger partial charge is 0.161 e. The van der Waals surface area contributed by atoms with Crippen molar-refractivity contribution in [1.82, 2.24) is 0 Å². The number of methoxy groups -OCH3 is 6. The van der Waals surface area contributed by atoms with E-state index < -0.39 is 0 Å². The van der Waals surface area contributed by atoms with E-state index in [-0.39, 0.29) is 5.92 Å². The van der Waals surface area contributed by atoms with Crippen LogP contribution in [0.3, 0.4) is 0 Å². The minimum Gasteiger partial charge on any atom is -0.497 e. The van der Waals surface area contributed by atoms with E-state index >= 15 is 0 Å². The second kappa shape index (κ2) is 9.98. The normalized spacial score (nSPS) is 10.5. The highest BCUT2D eigenvalue weighted by atomic mass is 16.5. The molecule has 0 unspecified atom stereocenters. The topological polar surface area (TPSA) is 55.4 Å². The Labute approximate surface area is 183 Å². The van der Waals surface area contributed by atoms with Gasteiger partial charge in [-0.25, -0.2) is 0 Å². The molecule has 31 heavy (non-hydrogen) atoms. The molecule has 0 spiro atoms. The largest absolute Gasteiger partial charge is 0.497 e. The van der Waals surface area contributed by atoms with Crippen molar-refractivity contribution in [2.24, 2.45) is 0 Å². The van der Waals surface area contributed by atoms with E-state index in [9.17, 15) is 0 Å². The highest BCUT2D eigenvalue weighted by Gasteiger charge is 2.26. The molecule has 0 heterocycles. The maximum Gasteiger partial charge on any atom is 0.161 e. The van der Waals surface area contributed by atoms with Gasteiger partial charge in [0.05, 0.1) is 42.7 Å². The summed E-state index contributed by atoms with van der Waals surface area (Å²) in [6.07, 6.45) is 0. The highest BCUT2D eigenvalue weighted by molar-refractivity contribution is 5.58. The molecule has 0 N–H and O–H groups in total. The van der Waals surface area contributed by atoms with Crippen molar-refractivity contribution in [3.8, 4) is 34.5 Å². The maximum absolute atomic E-state index is 5.73. The lowest BCUT2D eigenvalue weighted by Gasteiger charge is -2.24. The van der Waals surface area contributed by atoms with Gasteiger partial charge in [-0.15, -0.1) is 0 Å². The van der Waals surface area contributed by atoms with Gasteiger partial charge in [-0.2, -0.15) is 0 Å². The first-order valence-electron chi connectivity index (χ1n) is 9.75. The van der Waals surface area contributed by atoms with Gasteiger partial charge in [-0.1, -0.05) is 18.2 Å². The van der Waals surface area contributed by atoms with Gasteiger partial charge in [-0.05, 0) is 29.8 Å². The van der Waals surface area contributed by atoms with E-state index in [1.807, 2.05) is 54.6 Å². The van der Waals surface area contributed by atoms with Gasteiger partial charge in [0.1, 0.15) is 23.0 Å². The zero-order valence-corrected chi connectivity index (χ0v) is 18.7. The van der Waals surface area contributed by atoms with Crippen LogP contribution < -0.4 is 28.4 Å². The molecule has 3 aromatic carbocycles. The van der Waals surface area contributed by atoms with Crippen molar-refractivity contribution in [3.63, 3.8) is 0 Å². The monoisotopic (exact) mass is 424 g/mol. The summed E-state index contributed by atoms with van der Waals surface area (Å²) in [6, 6.07) is 17.5. The van der Waals surface area contributed by atoms with Crippen LogP contribution in [-0.2, 0) is 0 Å². The Morgan fingerprint density at radius 2 is 0.935 bits per heavy atom. The molecule has 6 heteroatoms. The molecule has 0 saturated heterocycles.